The molecule has 1 aliphatic heterocycles. The summed E-state index contributed by atoms with van der Waals surface area (Å²) in [5.74, 6) is 0.830. The largest absolute Gasteiger partial charge is 0.311 e. The van der Waals surface area contributed by atoms with Crippen molar-refractivity contribution in [3.8, 4) is 0 Å². The number of hydrogen-bond acceptors (Lipinski definition) is 6. The molecule has 0 radical (unpaired) electrons. The highest BCUT2D eigenvalue weighted by Crippen LogP contribution is 2.27. The molecule has 0 spiro atoms. The molecule has 0 saturated carbocycles. The SMILES string of the molecule is O=C(CCCc1ccccc1)Nc1ccnn1C1CCN(Cc2cccc3nonc23)CC1. The number of piperidine rings is 1. The van der Waals surface area contributed by atoms with Gasteiger partial charge in [0.05, 0.1) is 12.2 Å². The van der Waals surface area contributed by atoms with Crippen LogP contribution in [0.1, 0.15) is 42.9 Å². The van der Waals surface area contributed by atoms with Crippen molar-refractivity contribution in [3.63, 3.8) is 0 Å². The summed E-state index contributed by atoms with van der Waals surface area (Å²) in [4.78, 5) is 14.9. The zero-order valence-electron chi connectivity index (χ0n) is 18.6. The normalized spacial score (nSPS) is 15.2. The van der Waals surface area contributed by atoms with E-state index in [-0.39, 0.29) is 11.9 Å². The Hall–Kier alpha value is -3.52. The highest BCUT2D eigenvalue weighted by Gasteiger charge is 2.24. The van der Waals surface area contributed by atoms with Gasteiger partial charge in [-0.25, -0.2) is 9.31 Å². The van der Waals surface area contributed by atoms with Gasteiger partial charge in [-0.15, -0.1) is 0 Å². The topological polar surface area (TPSA) is 89.1 Å². The second kappa shape index (κ2) is 9.95. The Labute approximate surface area is 192 Å². The maximum absolute atomic E-state index is 12.5. The zero-order valence-corrected chi connectivity index (χ0v) is 18.6. The van der Waals surface area contributed by atoms with E-state index in [0.717, 1.165) is 67.7 Å². The number of hydrogen-bond donors (Lipinski definition) is 1. The predicted molar refractivity (Wildman–Crippen MR) is 126 cm³/mol. The van der Waals surface area contributed by atoms with E-state index in [4.69, 9.17) is 4.63 Å². The number of nitrogens with one attached hydrogen (secondary N) is 1. The van der Waals surface area contributed by atoms with Crippen molar-refractivity contribution in [2.24, 2.45) is 0 Å². The fraction of sp³-hybridized carbons (Fsp3) is 0.360. The first kappa shape index (κ1) is 21.3. The highest BCUT2D eigenvalue weighted by molar-refractivity contribution is 5.89. The summed E-state index contributed by atoms with van der Waals surface area (Å²) >= 11 is 0. The molecule has 4 aromatic rings. The third kappa shape index (κ3) is 5.12. The molecule has 1 fully saturated rings. The molecule has 170 valence electrons. The second-order valence-corrected chi connectivity index (χ2v) is 8.60. The van der Waals surface area contributed by atoms with E-state index in [9.17, 15) is 4.79 Å². The number of aryl methyl sites for hydroxylation is 1. The minimum atomic E-state index is 0.0411. The summed E-state index contributed by atoms with van der Waals surface area (Å²) in [6.45, 7) is 2.73. The summed E-state index contributed by atoms with van der Waals surface area (Å²) in [7, 11) is 0. The van der Waals surface area contributed by atoms with Gasteiger partial charge in [0, 0.05) is 32.1 Å². The van der Waals surface area contributed by atoms with Crippen LogP contribution >= 0.6 is 0 Å². The fourth-order valence-corrected chi connectivity index (χ4v) is 4.56. The fourth-order valence-electron chi connectivity index (χ4n) is 4.56. The van der Waals surface area contributed by atoms with Gasteiger partial charge in [0.15, 0.2) is 0 Å². The second-order valence-electron chi connectivity index (χ2n) is 8.60. The summed E-state index contributed by atoms with van der Waals surface area (Å²) in [5, 5.41) is 15.6. The lowest BCUT2D eigenvalue weighted by atomic mass is 10.0. The van der Waals surface area contributed by atoms with E-state index in [1.54, 1.807) is 6.20 Å². The molecule has 1 saturated heterocycles. The molecular weight excluding hydrogens is 416 g/mol. The van der Waals surface area contributed by atoms with E-state index in [0.29, 0.717) is 6.42 Å². The van der Waals surface area contributed by atoms with Gasteiger partial charge in [0.1, 0.15) is 16.9 Å². The standard InChI is InChI=1S/C25H28N6O2/c32-24(11-4-8-19-6-2-1-3-7-19)27-23-12-15-26-31(23)21-13-16-30(17-14-21)18-20-9-5-10-22-25(20)29-33-28-22/h1-3,5-7,9-10,12,15,21H,4,8,11,13-14,16-18H2,(H,27,32). The smallest absolute Gasteiger partial charge is 0.225 e. The number of nitrogens with zero attached hydrogens (tertiary/aromatic N) is 5. The molecule has 1 amide bonds. The first-order chi connectivity index (χ1) is 16.3. The Kier molecular flexibility index (Phi) is 6.44. The van der Waals surface area contributed by atoms with Crippen molar-refractivity contribution in [2.75, 3.05) is 18.4 Å². The van der Waals surface area contributed by atoms with Crippen LogP contribution in [0.4, 0.5) is 5.82 Å². The Bertz CT molecular complexity index is 1190. The molecular formula is C25H28N6O2. The van der Waals surface area contributed by atoms with Crippen LogP contribution in [0.2, 0.25) is 0 Å². The highest BCUT2D eigenvalue weighted by atomic mass is 16.6. The molecule has 33 heavy (non-hydrogen) atoms. The number of likely N-dealkylation sites (tertiary alicyclic amines) is 1. The van der Waals surface area contributed by atoms with Crippen LogP contribution in [0.5, 0.6) is 0 Å². The van der Waals surface area contributed by atoms with Gasteiger partial charge < -0.3 is 5.32 Å². The summed E-state index contributed by atoms with van der Waals surface area (Å²) in [5.41, 5.74) is 4.03. The van der Waals surface area contributed by atoms with Gasteiger partial charge in [0.2, 0.25) is 5.91 Å². The van der Waals surface area contributed by atoms with Gasteiger partial charge in [-0.3, -0.25) is 9.69 Å². The van der Waals surface area contributed by atoms with Crippen molar-refractivity contribution >= 4 is 22.8 Å². The predicted octanol–water partition coefficient (Wildman–Crippen LogP) is 4.22. The number of fused-ring (bicyclic) bond motifs is 1. The van der Waals surface area contributed by atoms with Gasteiger partial charge in [-0.05, 0) is 53.2 Å². The van der Waals surface area contributed by atoms with Crippen LogP contribution in [-0.2, 0) is 17.8 Å². The number of aromatic nitrogens is 4. The number of anilines is 1. The molecule has 5 rings (SSSR count). The number of rotatable bonds is 8. The van der Waals surface area contributed by atoms with Crippen LogP contribution in [0, 0.1) is 0 Å². The van der Waals surface area contributed by atoms with Gasteiger partial charge >= 0.3 is 0 Å². The minimum Gasteiger partial charge on any atom is -0.311 e. The van der Waals surface area contributed by atoms with E-state index < -0.39 is 0 Å². The number of carbonyl (C=O) groups excluding carboxylic acids is 1. The Balaban J connectivity index is 1.12. The van der Waals surface area contributed by atoms with Crippen LogP contribution in [0.3, 0.4) is 0 Å². The Morgan fingerprint density at radius 2 is 1.88 bits per heavy atom. The van der Waals surface area contributed by atoms with Crippen LogP contribution in [0.25, 0.3) is 11.0 Å². The number of amides is 1. The number of benzene rings is 2. The molecule has 1 aliphatic rings. The molecule has 0 atom stereocenters. The molecule has 3 heterocycles. The lowest BCUT2D eigenvalue weighted by Crippen LogP contribution is -2.35. The van der Waals surface area contributed by atoms with Crippen molar-refractivity contribution in [2.45, 2.75) is 44.7 Å². The monoisotopic (exact) mass is 444 g/mol. The van der Waals surface area contributed by atoms with Crippen molar-refractivity contribution in [1.82, 2.24) is 25.0 Å². The molecule has 8 nitrogen and oxygen atoms in total. The summed E-state index contributed by atoms with van der Waals surface area (Å²) < 4.78 is 6.87. The molecule has 0 aliphatic carbocycles. The van der Waals surface area contributed by atoms with Gasteiger partial charge in [-0.2, -0.15) is 5.10 Å². The molecule has 2 aromatic carbocycles. The molecule has 2 aromatic heterocycles. The lowest BCUT2D eigenvalue weighted by molar-refractivity contribution is -0.116. The van der Waals surface area contributed by atoms with E-state index in [1.807, 2.05) is 41.1 Å². The van der Waals surface area contributed by atoms with E-state index in [1.165, 1.54) is 5.56 Å². The average Bonchev–Trinajstić information content (AvgIpc) is 3.51. The first-order valence-corrected chi connectivity index (χ1v) is 11.6. The molecule has 0 unspecified atom stereocenters. The summed E-state index contributed by atoms with van der Waals surface area (Å²) in [6.07, 6.45) is 5.96. The minimum absolute atomic E-state index is 0.0411. The Morgan fingerprint density at radius 3 is 2.73 bits per heavy atom. The number of carbonyl (C=O) groups is 1. The molecule has 1 N–H and O–H groups in total. The zero-order chi connectivity index (χ0) is 22.5. The van der Waals surface area contributed by atoms with Crippen molar-refractivity contribution < 1.29 is 9.42 Å². The van der Waals surface area contributed by atoms with Crippen molar-refractivity contribution in [1.29, 1.82) is 0 Å². The third-order valence-corrected chi connectivity index (χ3v) is 6.32. The summed E-state index contributed by atoms with van der Waals surface area (Å²) in [6, 6.07) is 18.4. The van der Waals surface area contributed by atoms with Crippen LogP contribution in [-0.4, -0.2) is 44.0 Å². The third-order valence-electron chi connectivity index (χ3n) is 6.32. The molecule has 0 bridgehead atoms. The molecule has 8 heteroatoms. The van der Waals surface area contributed by atoms with E-state index >= 15 is 0 Å². The average molecular weight is 445 g/mol. The first-order valence-electron chi connectivity index (χ1n) is 11.6. The quantitative estimate of drug-likeness (QED) is 0.438. The van der Waals surface area contributed by atoms with Crippen LogP contribution in [0.15, 0.2) is 65.4 Å². The van der Waals surface area contributed by atoms with Gasteiger partial charge in [-0.1, -0.05) is 42.5 Å². The Morgan fingerprint density at radius 1 is 1.03 bits per heavy atom. The van der Waals surface area contributed by atoms with Crippen molar-refractivity contribution in [3.05, 3.63) is 71.9 Å². The maximum Gasteiger partial charge on any atom is 0.225 e. The maximum atomic E-state index is 12.5. The van der Waals surface area contributed by atoms with Gasteiger partial charge in [0.25, 0.3) is 0 Å². The van der Waals surface area contributed by atoms with E-state index in [2.05, 4.69) is 43.8 Å². The lowest BCUT2D eigenvalue weighted by Gasteiger charge is -2.32. The van der Waals surface area contributed by atoms with Crippen LogP contribution < -0.4 is 5.32 Å².